The van der Waals surface area contributed by atoms with E-state index in [1.54, 1.807) is 49.5 Å². The number of amides is 3. The van der Waals surface area contributed by atoms with Crippen molar-refractivity contribution >= 4 is 29.1 Å². The van der Waals surface area contributed by atoms with Crippen molar-refractivity contribution < 1.29 is 14.4 Å². The van der Waals surface area contributed by atoms with Crippen molar-refractivity contribution in [3.05, 3.63) is 59.7 Å². The highest BCUT2D eigenvalue weighted by atomic mass is 16.2. The lowest BCUT2D eigenvalue weighted by atomic mass is 10.1. The van der Waals surface area contributed by atoms with Gasteiger partial charge in [0, 0.05) is 42.6 Å². The summed E-state index contributed by atoms with van der Waals surface area (Å²) in [5.74, 6) is -0.401. The second kappa shape index (κ2) is 11.6. The van der Waals surface area contributed by atoms with Gasteiger partial charge in [-0.1, -0.05) is 19.9 Å². The molecular formula is C23H30N4O3. The maximum atomic E-state index is 12.7. The summed E-state index contributed by atoms with van der Waals surface area (Å²) in [5, 5.41) is 8.38. The molecule has 0 aliphatic heterocycles. The zero-order valence-corrected chi connectivity index (χ0v) is 17.8. The van der Waals surface area contributed by atoms with Crippen LogP contribution in [0.15, 0.2) is 48.5 Å². The highest BCUT2D eigenvalue weighted by molar-refractivity contribution is 5.97. The zero-order valence-electron chi connectivity index (χ0n) is 17.8. The molecular weight excluding hydrogens is 380 g/mol. The summed E-state index contributed by atoms with van der Waals surface area (Å²) in [6.07, 6.45) is 1.82. The van der Waals surface area contributed by atoms with E-state index in [1.807, 2.05) is 11.0 Å². The third-order valence-electron chi connectivity index (χ3n) is 4.49. The Morgan fingerprint density at radius 3 is 2.13 bits per heavy atom. The lowest BCUT2D eigenvalue weighted by molar-refractivity contribution is -0.114. The van der Waals surface area contributed by atoms with Crippen LogP contribution in [0.3, 0.4) is 0 Å². The van der Waals surface area contributed by atoms with Gasteiger partial charge < -0.3 is 20.9 Å². The fourth-order valence-corrected chi connectivity index (χ4v) is 3.04. The minimum absolute atomic E-state index is 0.00278. The number of nitrogens with zero attached hydrogens (tertiary/aromatic N) is 1. The summed E-state index contributed by atoms with van der Waals surface area (Å²) in [4.78, 5) is 38.4. The summed E-state index contributed by atoms with van der Waals surface area (Å²) in [6.45, 7) is 5.62. The predicted octanol–water partition coefficient (Wildman–Crippen LogP) is 3.36. The maximum Gasteiger partial charge on any atom is 0.253 e. The molecule has 0 radical (unpaired) electrons. The minimum atomic E-state index is -0.224. The van der Waals surface area contributed by atoms with E-state index in [9.17, 15) is 14.4 Å². The number of rotatable bonds is 10. The first kappa shape index (κ1) is 22.9. The van der Waals surface area contributed by atoms with Crippen LogP contribution in [0.4, 0.5) is 11.4 Å². The molecule has 0 aliphatic carbocycles. The fraction of sp³-hybridized carbons (Fsp3) is 0.348. The smallest absolute Gasteiger partial charge is 0.253 e. The Bertz CT molecular complexity index is 859. The summed E-state index contributed by atoms with van der Waals surface area (Å²) >= 11 is 0. The largest absolute Gasteiger partial charge is 0.376 e. The maximum absolute atomic E-state index is 12.7. The van der Waals surface area contributed by atoms with Crippen LogP contribution < -0.4 is 16.0 Å². The Balaban J connectivity index is 1.94. The van der Waals surface area contributed by atoms with Gasteiger partial charge in [0.25, 0.3) is 11.8 Å². The third kappa shape index (κ3) is 6.62. The van der Waals surface area contributed by atoms with Crippen molar-refractivity contribution in [2.45, 2.75) is 26.7 Å². The normalized spacial score (nSPS) is 10.2. The van der Waals surface area contributed by atoms with Crippen molar-refractivity contribution in [1.82, 2.24) is 10.2 Å². The number of hydrogen-bond acceptors (Lipinski definition) is 4. The van der Waals surface area contributed by atoms with Crippen LogP contribution in [0.2, 0.25) is 0 Å². The van der Waals surface area contributed by atoms with Gasteiger partial charge in [0.2, 0.25) is 5.91 Å². The first-order valence-electron chi connectivity index (χ1n) is 10.2. The Morgan fingerprint density at radius 2 is 1.53 bits per heavy atom. The molecule has 0 spiro atoms. The van der Waals surface area contributed by atoms with Gasteiger partial charge in [-0.2, -0.15) is 0 Å². The Labute approximate surface area is 177 Å². The van der Waals surface area contributed by atoms with E-state index < -0.39 is 0 Å². The Kier molecular flexibility index (Phi) is 8.87. The van der Waals surface area contributed by atoms with Gasteiger partial charge in [0.15, 0.2) is 0 Å². The summed E-state index contributed by atoms with van der Waals surface area (Å²) in [5.41, 5.74) is 2.44. The van der Waals surface area contributed by atoms with Crippen molar-refractivity contribution in [3.8, 4) is 0 Å². The molecule has 0 aromatic heterocycles. The van der Waals surface area contributed by atoms with Crippen LogP contribution in [-0.2, 0) is 4.79 Å². The van der Waals surface area contributed by atoms with E-state index in [0.717, 1.165) is 25.9 Å². The molecule has 0 atom stereocenters. The van der Waals surface area contributed by atoms with Crippen LogP contribution in [0.5, 0.6) is 0 Å². The molecule has 2 rings (SSSR count). The molecule has 3 amide bonds. The first-order chi connectivity index (χ1) is 14.5. The molecule has 7 nitrogen and oxygen atoms in total. The molecule has 7 heteroatoms. The van der Waals surface area contributed by atoms with Gasteiger partial charge >= 0.3 is 0 Å². The predicted molar refractivity (Wildman–Crippen MR) is 120 cm³/mol. The molecule has 0 fully saturated rings. The van der Waals surface area contributed by atoms with Crippen LogP contribution >= 0.6 is 0 Å². The van der Waals surface area contributed by atoms with Gasteiger partial charge in [-0.05, 0) is 55.3 Å². The molecule has 0 saturated carbocycles. The topological polar surface area (TPSA) is 90.5 Å². The number of hydrogen-bond donors (Lipinski definition) is 3. The standard InChI is InChI=1S/C23H30N4O3/c1-4-13-27(14-5-2)23(30)18-7-6-8-20(15-18)25-16-21(28)26-19-11-9-17(10-12-19)22(29)24-3/h6-12,15,25H,4-5,13-14,16H2,1-3H3,(H,24,29)(H,26,28). The number of anilines is 2. The van der Waals surface area contributed by atoms with Gasteiger partial charge in [-0.15, -0.1) is 0 Å². The van der Waals surface area contributed by atoms with E-state index in [0.29, 0.717) is 22.5 Å². The first-order valence-corrected chi connectivity index (χ1v) is 10.2. The second-order valence-corrected chi connectivity index (χ2v) is 6.93. The lowest BCUT2D eigenvalue weighted by Gasteiger charge is -2.21. The number of benzene rings is 2. The van der Waals surface area contributed by atoms with Gasteiger partial charge in [-0.3, -0.25) is 14.4 Å². The van der Waals surface area contributed by atoms with Crippen LogP contribution in [0.1, 0.15) is 47.4 Å². The second-order valence-electron chi connectivity index (χ2n) is 6.93. The minimum Gasteiger partial charge on any atom is -0.376 e. The number of carbonyl (C=O) groups excluding carboxylic acids is 3. The lowest BCUT2D eigenvalue weighted by Crippen LogP contribution is -2.32. The van der Waals surface area contributed by atoms with Gasteiger partial charge in [0.1, 0.15) is 0 Å². The van der Waals surface area contributed by atoms with Crippen molar-refractivity contribution in [2.24, 2.45) is 0 Å². The van der Waals surface area contributed by atoms with E-state index in [1.165, 1.54) is 0 Å². The monoisotopic (exact) mass is 410 g/mol. The SMILES string of the molecule is CCCN(CCC)C(=O)c1cccc(NCC(=O)Nc2ccc(C(=O)NC)cc2)c1. The van der Waals surface area contributed by atoms with Crippen LogP contribution in [0, 0.1) is 0 Å². The van der Waals surface area contributed by atoms with Crippen molar-refractivity contribution in [2.75, 3.05) is 37.3 Å². The van der Waals surface area contributed by atoms with Gasteiger partial charge in [0.05, 0.1) is 6.54 Å². The fourth-order valence-electron chi connectivity index (χ4n) is 3.04. The molecule has 3 N–H and O–H groups in total. The quantitative estimate of drug-likeness (QED) is 0.560. The highest BCUT2D eigenvalue weighted by Crippen LogP contribution is 2.14. The molecule has 30 heavy (non-hydrogen) atoms. The van der Waals surface area contributed by atoms with Crippen LogP contribution in [-0.4, -0.2) is 49.3 Å². The van der Waals surface area contributed by atoms with E-state index in [-0.39, 0.29) is 24.3 Å². The Morgan fingerprint density at radius 1 is 0.867 bits per heavy atom. The average molecular weight is 411 g/mol. The van der Waals surface area contributed by atoms with E-state index >= 15 is 0 Å². The molecule has 2 aromatic carbocycles. The summed E-state index contributed by atoms with van der Waals surface area (Å²) in [6, 6.07) is 13.8. The van der Waals surface area contributed by atoms with Crippen LogP contribution in [0.25, 0.3) is 0 Å². The van der Waals surface area contributed by atoms with Crippen molar-refractivity contribution in [3.63, 3.8) is 0 Å². The van der Waals surface area contributed by atoms with Crippen molar-refractivity contribution in [1.29, 1.82) is 0 Å². The number of nitrogens with one attached hydrogen (secondary N) is 3. The van der Waals surface area contributed by atoms with Gasteiger partial charge in [-0.25, -0.2) is 0 Å². The average Bonchev–Trinajstić information content (AvgIpc) is 2.77. The highest BCUT2D eigenvalue weighted by Gasteiger charge is 2.14. The van der Waals surface area contributed by atoms with E-state index in [2.05, 4.69) is 29.8 Å². The third-order valence-corrected chi connectivity index (χ3v) is 4.49. The molecule has 2 aromatic rings. The zero-order chi connectivity index (χ0) is 21.9. The molecule has 0 saturated heterocycles. The summed E-state index contributed by atoms with van der Waals surface area (Å²) < 4.78 is 0. The number of carbonyl (C=O) groups is 3. The van der Waals surface area contributed by atoms with E-state index in [4.69, 9.17) is 0 Å². The molecule has 0 unspecified atom stereocenters. The molecule has 0 bridgehead atoms. The summed E-state index contributed by atoms with van der Waals surface area (Å²) in [7, 11) is 1.57. The molecule has 160 valence electrons. The Hall–Kier alpha value is -3.35. The molecule has 0 aliphatic rings. The molecule has 0 heterocycles.